The van der Waals surface area contributed by atoms with Crippen LogP contribution in [0.15, 0.2) is 65.6 Å². The summed E-state index contributed by atoms with van der Waals surface area (Å²) in [6.07, 6.45) is 0. The molecule has 7 heteroatoms. The predicted octanol–water partition coefficient (Wildman–Crippen LogP) is 4.03. The van der Waals surface area contributed by atoms with Gasteiger partial charge in [0.25, 0.3) is 10.0 Å². The molecule has 26 heavy (non-hydrogen) atoms. The van der Waals surface area contributed by atoms with E-state index in [0.717, 1.165) is 5.39 Å². The first kappa shape index (κ1) is 16.9. The Morgan fingerprint density at radius 1 is 1.08 bits per heavy atom. The van der Waals surface area contributed by atoms with Crippen molar-refractivity contribution in [3.05, 3.63) is 65.7 Å². The molecule has 0 fully saturated rings. The molecule has 4 rings (SSSR count). The van der Waals surface area contributed by atoms with Gasteiger partial charge in [0.2, 0.25) is 5.91 Å². The minimum atomic E-state index is -3.80. The molecule has 3 aromatic rings. The molecule has 1 amide bonds. The lowest BCUT2D eigenvalue weighted by Crippen LogP contribution is -2.43. The van der Waals surface area contributed by atoms with E-state index in [1.807, 2.05) is 12.1 Å². The summed E-state index contributed by atoms with van der Waals surface area (Å²) in [4.78, 5) is 12.9. The maximum atomic E-state index is 13.0. The molecule has 1 unspecified atom stereocenters. The predicted molar refractivity (Wildman–Crippen MR) is 103 cm³/mol. The summed E-state index contributed by atoms with van der Waals surface area (Å²) in [6, 6.07) is 16.3. The second-order valence-electron chi connectivity index (χ2n) is 6.11. The molecule has 0 spiro atoms. The lowest BCUT2D eigenvalue weighted by Gasteiger charge is -2.25. The highest BCUT2D eigenvalue weighted by Gasteiger charge is 2.40. The van der Waals surface area contributed by atoms with Gasteiger partial charge in [-0.25, -0.2) is 8.42 Å². The lowest BCUT2D eigenvalue weighted by atomic mass is 10.1. The molecule has 132 valence electrons. The number of rotatable bonds is 3. The van der Waals surface area contributed by atoms with E-state index in [0.29, 0.717) is 21.8 Å². The summed E-state index contributed by atoms with van der Waals surface area (Å²) in [7, 11) is -3.80. The van der Waals surface area contributed by atoms with Crippen LogP contribution in [-0.4, -0.2) is 20.4 Å². The molecule has 5 nitrogen and oxygen atoms in total. The lowest BCUT2D eigenvalue weighted by molar-refractivity contribution is -0.116. The van der Waals surface area contributed by atoms with Crippen LogP contribution >= 0.6 is 11.6 Å². The van der Waals surface area contributed by atoms with Gasteiger partial charge in [-0.2, -0.15) is 0 Å². The Labute approximate surface area is 156 Å². The molecule has 0 saturated heterocycles. The first-order chi connectivity index (χ1) is 12.4. The number of carbonyl (C=O) groups is 1. The molecule has 0 aliphatic carbocycles. The summed E-state index contributed by atoms with van der Waals surface area (Å²) in [6.45, 7) is 1.57. The van der Waals surface area contributed by atoms with E-state index in [9.17, 15) is 13.2 Å². The first-order valence-corrected chi connectivity index (χ1v) is 9.84. The van der Waals surface area contributed by atoms with Crippen molar-refractivity contribution >= 4 is 49.7 Å². The Balaban J connectivity index is 1.74. The van der Waals surface area contributed by atoms with E-state index >= 15 is 0 Å². The average molecular weight is 387 g/mol. The number of amides is 1. The molecule has 0 bridgehead atoms. The second-order valence-corrected chi connectivity index (χ2v) is 8.33. The number of hydrogen-bond donors (Lipinski definition) is 1. The quantitative estimate of drug-likeness (QED) is 0.739. The highest BCUT2D eigenvalue weighted by Crippen LogP contribution is 2.43. The van der Waals surface area contributed by atoms with Crippen LogP contribution in [0, 0.1) is 0 Å². The number of nitrogens with one attached hydrogen (secondary N) is 1. The fraction of sp³-hybridized carbons (Fsp3) is 0.105. The van der Waals surface area contributed by atoms with Crippen molar-refractivity contribution in [2.75, 3.05) is 9.62 Å². The molecule has 0 radical (unpaired) electrons. The van der Waals surface area contributed by atoms with Crippen LogP contribution in [0.2, 0.25) is 5.02 Å². The average Bonchev–Trinajstić information content (AvgIpc) is 2.83. The van der Waals surface area contributed by atoms with Crippen LogP contribution < -0.4 is 9.62 Å². The maximum absolute atomic E-state index is 13.0. The molecule has 1 atom stereocenters. The number of carbonyl (C=O) groups excluding carboxylic acids is 1. The van der Waals surface area contributed by atoms with Crippen molar-refractivity contribution < 1.29 is 13.2 Å². The molecular formula is C19H15ClN2O3S. The van der Waals surface area contributed by atoms with Crippen molar-refractivity contribution in [3.8, 4) is 0 Å². The zero-order valence-electron chi connectivity index (χ0n) is 13.8. The third-order valence-electron chi connectivity index (χ3n) is 4.44. The second kappa shape index (κ2) is 6.00. The van der Waals surface area contributed by atoms with Gasteiger partial charge in [-0.1, -0.05) is 41.9 Å². The first-order valence-electron chi connectivity index (χ1n) is 8.02. The molecule has 1 aliphatic rings. The van der Waals surface area contributed by atoms with Crippen molar-refractivity contribution in [1.82, 2.24) is 0 Å². The molecule has 3 aromatic carbocycles. The van der Waals surface area contributed by atoms with Crippen LogP contribution in [0.4, 0.5) is 11.4 Å². The normalized spacial score (nSPS) is 15.8. The molecule has 0 aromatic heterocycles. The van der Waals surface area contributed by atoms with Gasteiger partial charge in [0.1, 0.15) is 6.04 Å². The summed E-state index contributed by atoms with van der Waals surface area (Å²) in [5.41, 5.74) is 1.04. The molecule has 1 N–H and O–H groups in total. The van der Waals surface area contributed by atoms with Gasteiger partial charge in [0, 0.05) is 16.1 Å². The minimum Gasteiger partial charge on any atom is -0.324 e. The smallest absolute Gasteiger partial charge is 0.265 e. The molecular weight excluding hydrogens is 372 g/mol. The van der Waals surface area contributed by atoms with Crippen molar-refractivity contribution in [2.45, 2.75) is 17.9 Å². The van der Waals surface area contributed by atoms with Gasteiger partial charge in [-0.15, -0.1) is 0 Å². The highest BCUT2D eigenvalue weighted by atomic mass is 35.5. The number of sulfonamides is 1. The number of anilines is 2. The molecule has 1 aliphatic heterocycles. The van der Waals surface area contributed by atoms with E-state index in [1.54, 1.807) is 55.5 Å². The topological polar surface area (TPSA) is 66.5 Å². The monoisotopic (exact) mass is 386 g/mol. The molecule has 1 heterocycles. The summed E-state index contributed by atoms with van der Waals surface area (Å²) in [5, 5.41) is 4.69. The van der Waals surface area contributed by atoms with Gasteiger partial charge in [0.15, 0.2) is 0 Å². The zero-order chi connectivity index (χ0) is 18.5. The number of nitrogens with zero attached hydrogens (tertiary/aromatic N) is 1. The summed E-state index contributed by atoms with van der Waals surface area (Å²) < 4.78 is 27.3. The van der Waals surface area contributed by atoms with Crippen LogP contribution in [0.5, 0.6) is 0 Å². The SMILES string of the molecule is CC(C(=O)Nc1cccc(Cl)c1)N1c2cccc3cccc(c23)S1(=O)=O. The van der Waals surface area contributed by atoms with E-state index in [-0.39, 0.29) is 4.90 Å². The number of benzene rings is 3. The van der Waals surface area contributed by atoms with Gasteiger partial charge >= 0.3 is 0 Å². The third kappa shape index (κ3) is 2.53. The van der Waals surface area contributed by atoms with E-state index in [2.05, 4.69) is 5.32 Å². The standard InChI is InChI=1S/C19H15ClN2O3S/c1-12(19(23)21-15-8-4-7-14(20)11-15)22-16-9-2-5-13-6-3-10-17(18(13)16)26(22,24)25/h2-12H,1H3,(H,21,23). The van der Waals surface area contributed by atoms with Crippen LogP contribution in [0.1, 0.15) is 6.92 Å². The van der Waals surface area contributed by atoms with Gasteiger partial charge in [0.05, 0.1) is 10.6 Å². The fourth-order valence-electron chi connectivity index (χ4n) is 3.26. The minimum absolute atomic E-state index is 0.230. The van der Waals surface area contributed by atoms with Crippen molar-refractivity contribution in [3.63, 3.8) is 0 Å². The number of hydrogen-bond acceptors (Lipinski definition) is 3. The summed E-state index contributed by atoms with van der Waals surface area (Å²) in [5.74, 6) is -0.430. The Kier molecular flexibility index (Phi) is 3.89. The maximum Gasteiger partial charge on any atom is 0.265 e. The Morgan fingerprint density at radius 2 is 1.77 bits per heavy atom. The van der Waals surface area contributed by atoms with Crippen LogP contribution in [0.3, 0.4) is 0 Å². The number of halogens is 1. The zero-order valence-corrected chi connectivity index (χ0v) is 15.4. The van der Waals surface area contributed by atoms with Gasteiger partial charge < -0.3 is 5.32 Å². The van der Waals surface area contributed by atoms with E-state index in [4.69, 9.17) is 11.6 Å². The van der Waals surface area contributed by atoms with E-state index in [1.165, 1.54) is 4.31 Å². The Bertz CT molecular complexity index is 1140. The van der Waals surface area contributed by atoms with Crippen molar-refractivity contribution in [1.29, 1.82) is 0 Å². The van der Waals surface area contributed by atoms with Gasteiger partial charge in [-0.3, -0.25) is 9.10 Å². The highest BCUT2D eigenvalue weighted by molar-refractivity contribution is 7.93. The van der Waals surface area contributed by atoms with Crippen LogP contribution in [0.25, 0.3) is 10.8 Å². The Morgan fingerprint density at radius 3 is 2.50 bits per heavy atom. The molecule has 0 saturated carbocycles. The van der Waals surface area contributed by atoms with Crippen LogP contribution in [-0.2, 0) is 14.8 Å². The fourth-order valence-corrected chi connectivity index (χ4v) is 5.31. The van der Waals surface area contributed by atoms with E-state index < -0.39 is 22.0 Å². The third-order valence-corrected chi connectivity index (χ3v) is 6.60. The largest absolute Gasteiger partial charge is 0.324 e. The summed E-state index contributed by atoms with van der Waals surface area (Å²) >= 11 is 5.94. The Hall–Kier alpha value is -2.57. The van der Waals surface area contributed by atoms with Gasteiger partial charge in [-0.05, 0) is 42.6 Å². The van der Waals surface area contributed by atoms with Crippen molar-refractivity contribution in [2.24, 2.45) is 0 Å².